The van der Waals surface area contributed by atoms with E-state index in [2.05, 4.69) is 14.8 Å². The zero-order chi connectivity index (χ0) is 22.9. The van der Waals surface area contributed by atoms with Gasteiger partial charge in [-0.05, 0) is 35.7 Å². The fraction of sp³-hybridized carbons (Fsp3) is 0.0476. The average molecular weight is 526 g/mol. The molecule has 6 nitrogen and oxygen atoms in total. The summed E-state index contributed by atoms with van der Waals surface area (Å²) in [6.45, 7) is 0. The van der Waals surface area contributed by atoms with Gasteiger partial charge in [0, 0.05) is 23.5 Å². The highest BCUT2D eigenvalue weighted by Crippen LogP contribution is 2.36. The van der Waals surface area contributed by atoms with Gasteiger partial charge in [0.15, 0.2) is 11.0 Å². The van der Waals surface area contributed by atoms with E-state index >= 15 is 0 Å². The van der Waals surface area contributed by atoms with Gasteiger partial charge in [0.05, 0.1) is 26.3 Å². The van der Waals surface area contributed by atoms with Crippen LogP contribution in [0.1, 0.15) is 0 Å². The van der Waals surface area contributed by atoms with E-state index in [4.69, 9.17) is 23.2 Å². The van der Waals surface area contributed by atoms with Gasteiger partial charge in [0.2, 0.25) is 0 Å². The largest absolute Gasteiger partial charge is 0.388 e. The molecule has 0 saturated carbocycles. The maximum absolute atomic E-state index is 13.4. The summed E-state index contributed by atoms with van der Waals surface area (Å²) in [5, 5.41) is 6.55. The molecule has 32 heavy (non-hydrogen) atoms. The Balaban J connectivity index is 1.76. The van der Waals surface area contributed by atoms with Crippen LogP contribution in [0.2, 0.25) is 10.0 Å². The van der Waals surface area contributed by atoms with E-state index in [-0.39, 0.29) is 26.3 Å². The van der Waals surface area contributed by atoms with Crippen molar-refractivity contribution in [3.63, 3.8) is 0 Å². The molecule has 0 fully saturated rings. The number of anilines is 3. The molecule has 3 N–H and O–H groups in total. The summed E-state index contributed by atoms with van der Waals surface area (Å²) in [6.07, 6.45) is 0. The van der Waals surface area contributed by atoms with Gasteiger partial charge >= 0.3 is 0 Å². The third-order valence-corrected chi connectivity index (χ3v) is 9.08. The number of hydrogen-bond acceptors (Lipinski definition) is 5. The zero-order valence-corrected chi connectivity index (χ0v) is 20.5. The number of halogens is 2. The number of rotatable bonds is 7. The maximum atomic E-state index is 13.4. The topological polar surface area (TPSA) is 87.3 Å². The Kier molecular flexibility index (Phi) is 6.64. The molecule has 0 aliphatic carbocycles. The van der Waals surface area contributed by atoms with E-state index in [0.29, 0.717) is 9.60 Å². The minimum atomic E-state index is -4.02. The molecular formula is C21H17Cl2N3O3S3. The Hall–Kier alpha value is -2.30. The second-order valence-corrected chi connectivity index (χ2v) is 11.5. The SMILES string of the molecule is CNc1cccc2c(S(=O)(=O)Nc3cc(Cl)c(Cl)cc3NS(=O)c3cccs3)cccc12. The second-order valence-electron chi connectivity index (χ2n) is 6.63. The van der Waals surface area contributed by atoms with E-state index in [9.17, 15) is 12.6 Å². The predicted molar refractivity (Wildman–Crippen MR) is 135 cm³/mol. The highest BCUT2D eigenvalue weighted by atomic mass is 35.5. The normalized spacial score (nSPS) is 12.5. The van der Waals surface area contributed by atoms with Gasteiger partial charge in [-0.15, -0.1) is 11.3 Å². The summed E-state index contributed by atoms with van der Waals surface area (Å²) in [5.41, 5.74) is 1.18. The van der Waals surface area contributed by atoms with Gasteiger partial charge in [-0.25, -0.2) is 12.6 Å². The molecule has 1 aromatic heterocycles. The molecule has 1 heterocycles. The van der Waals surface area contributed by atoms with Crippen LogP contribution in [0.25, 0.3) is 10.8 Å². The molecule has 1 atom stereocenters. The monoisotopic (exact) mass is 525 g/mol. The van der Waals surface area contributed by atoms with Crippen LogP contribution in [-0.2, 0) is 21.0 Å². The zero-order valence-electron chi connectivity index (χ0n) is 16.6. The fourth-order valence-electron chi connectivity index (χ4n) is 3.17. The first-order valence-corrected chi connectivity index (χ1v) is 13.5. The molecule has 1 unspecified atom stereocenters. The second kappa shape index (κ2) is 9.29. The van der Waals surface area contributed by atoms with Crippen LogP contribution in [0.15, 0.2) is 75.1 Å². The number of nitrogens with one attached hydrogen (secondary N) is 3. The molecule has 166 valence electrons. The van der Waals surface area contributed by atoms with E-state index in [1.54, 1.807) is 42.8 Å². The van der Waals surface area contributed by atoms with Crippen LogP contribution in [-0.4, -0.2) is 19.7 Å². The molecule has 0 amide bonds. The number of fused-ring (bicyclic) bond motifs is 1. The van der Waals surface area contributed by atoms with E-state index in [1.807, 2.05) is 12.1 Å². The molecule has 4 aromatic rings. The van der Waals surface area contributed by atoms with Crippen molar-refractivity contribution in [2.75, 3.05) is 21.8 Å². The summed E-state index contributed by atoms with van der Waals surface area (Å²) in [4.78, 5) is 0.100. The lowest BCUT2D eigenvalue weighted by Gasteiger charge is -2.16. The number of thiophene rings is 1. The number of hydrogen-bond donors (Lipinski definition) is 3. The third kappa shape index (κ3) is 4.57. The van der Waals surface area contributed by atoms with Crippen molar-refractivity contribution in [3.8, 4) is 0 Å². The number of sulfonamides is 1. The molecule has 4 rings (SSSR count). The fourth-order valence-corrected chi connectivity index (χ4v) is 6.55. The molecule has 0 aliphatic heterocycles. The van der Waals surface area contributed by atoms with Crippen LogP contribution in [0, 0.1) is 0 Å². The van der Waals surface area contributed by atoms with Gasteiger partial charge in [-0.2, -0.15) is 0 Å². The van der Waals surface area contributed by atoms with Crippen molar-refractivity contribution in [1.29, 1.82) is 0 Å². The Labute approximate surface area is 202 Å². The number of benzene rings is 3. The minimum Gasteiger partial charge on any atom is -0.388 e. The van der Waals surface area contributed by atoms with Gasteiger partial charge in [-0.1, -0.05) is 53.5 Å². The minimum absolute atomic E-state index is 0.100. The Morgan fingerprint density at radius 2 is 1.56 bits per heavy atom. The van der Waals surface area contributed by atoms with Crippen molar-refractivity contribution in [2.45, 2.75) is 9.10 Å². The van der Waals surface area contributed by atoms with Gasteiger partial charge in [0.25, 0.3) is 10.0 Å². The van der Waals surface area contributed by atoms with Gasteiger partial charge in [0.1, 0.15) is 4.21 Å². The highest BCUT2D eigenvalue weighted by molar-refractivity contribution is 7.93. The summed E-state index contributed by atoms with van der Waals surface area (Å²) in [7, 11) is -3.85. The van der Waals surface area contributed by atoms with Crippen LogP contribution < -0.4 is 14.8 Å². The summed E-state index contributed by atoms with van der Waals surface area (Å²) < 4.78 is 45.4. The summed E-state index contributed by atoms with van der Waals surface area (Å²) >= 11 is 13.6. The van der Waals surface area contributed by atoms with E-state index in [0.717, 1.165) is 11.1 Å². The first-order valence-electron chi connectivity index (χ1n) is 9.23. The lowest BCUT2D eigenvalue weighted by molar-refractivity contribution is 0.602. The smallest absolute Gasteiger partial charge is 0.262 e. The maximum Gasteiger partial charge on any atom is 0.262 e. The van der Waals surface area contributed by atoms with Gasteiger partial charge < -0.3 is 5.32 Å². The molecular weight excluding hydrogens is 509 g/mol. The summed E-state index contributed by atoms with van der Waals surface area (Å²) in [5.74, 6) is 0. The molecule has 3 aromatic carbocycles. The molecule has 0 saturated heterocycles. The van der Waals surface area contributed by atoms with Crippen LogP contribution in [0.4, 0.5) is 17.1 Å². The van der Waals surface area contributed by atoms with Crippen LogP contribution in [0.3, 0.4) is 0 Å². The lowest BCUT2D eigenvalue weighted by atomic mass is 10.1. The first-order chi connectivity index (χ1) is 15.3. The van der Waals surface area contributed by atoms with Crippen LogP contribution in [0.5, 0.6) is 0 Å². The van der Waals surface area contributed by atoms with Crippen molar-refractivity contribution >= 4 is 83.4 Å². The van der Waals surface area contributed by atoms with Crippen molar-refractivity contribution in [2.24, 2.45) is 0 Å². The molecule has 0 spiro atoms. The highest BCUT2D eigenvalue weighted by Gasteiger charge is 2.21. The van der Waals surface area contributed by atoms with Crippen molar-refractivity contribution in [3.05, 3.63) is 76.1 Å². The Morgan fingerprint density at radius 3 is 2.25 bits per heavy atom. The van der Waals surface area contributed by atoms with E-state index in [1.165, 1.54) is 29.5 Å². The third-order valence-electron chi connectivity index (χ3n) is 4.63. The molecule has 11 heteroatoms. The van der Waals surface area contributed by atoms with Crippen molar-refractivity contribution < 1.29 is 12.6 Å². The van der Waals surface area contributed by atoms with Crippen LogP contribution >= 0.6 is 34.5 Å². The van der Waals surface area contributed by atoms with Gasteiger partial charge in [-0.3, -0.25) is 9.44 Å². The quantitative estimate of drug-likeness (QED) is 0.268. The molecule has 0 radical (unpaired) electrons. The summed E-state index contributed by atoms with van der Waals surface area (Å²) in [6, 6.07) is 16.8. The van der Waals surface area contributed by atoms with Crippen molar-refractivity contribution in [1.82, 2.24) is 0 Å². The molecule has 0 aliphatic rings. The lowest BCUT2D eigenvalue weighted by Crippen LogP contribution is -2.15. The molecule has 0 bridgehead atoms. The standard InChI is InChI=1S/C21H17Cl2N3O3S3/c1-24-17-7-2-6-14-13(17)5-3-8-20(14)32(28,29)26-19-12-16(23)15(22)11-18(19)25-31(27)21-9-4-10-30-21/h2-12,24-26H,1H3. The van der Waals surface area contributed by atoms with E-state index < -0.39 is 21.0 Å². The predicted octanol–water partition coefficient (Wildman–Crippen LogP) is 6.19. The Bertz CT molecular complexity index is 1430. The first kappa shape index (κ1) is 22.9. The average Bonchev–Trinajstić information content (AvgIpc) is 3.31. The Morgan fingerprint density at radius 1 is 0.875 bits per heavy atom.